The quantitative estimate of drug-likeness (QED) is 0.603. The van der Waals surface area contributed by atoms with Gasteiger partial charge in [-0.25, -0.2) is 4.98 Å². The highest BCUT2D eigenvalue weighted by molar-refractivity contribution is 5.80. The summed E-state index contributed by atoms with van der Waals surface area (Å²) >= 11 is 0. The first-order chi connectivity index (χ1) is 13.4. The average molecular weight is 384 g/mol. The van der Waals surface area contributed by atoms with E-state index in [0.717, 1.165) is 24.8 Å². The molecule has 1 aliphatic rings. The second kappa shape index (κ2) is 8.67. The van der Waals surface area contributed by atoms with Gasteiger partial charge in [-0.15, -0.1) is 0 Å². The topological polar surface area (TPSA) is 65.7 Å². The van der Waals surface area contributed by atoms with Gasteiger partial charge in [-0.3, -0.25) is 4.99 Å². The maximum Gasteiger partial charge on any atom is 0.213 e. The van der Waals surface area contributed by atoms with Crippen molar-refractivity contribution in [1.82, 2.24) is 15.6 Å². The molecule has 1 aromatic heterocycles. The highest BCUT2D eigenvalue weighted by Crippen LogP contribution is 2.24. The first-order valence-corrected chi connectivity index (χ1v) is 10.1. The maximum absolute atomic E-state index is 5.84. The highest BCUT2D eigenvalue weighted by atomic mass is 16.4. The number of rotatable bonds is 5. The third-order valence-electron chi connectivity index (χ3n) is 5.12. The zero-order valence-corrected chi connectivity index (χ0v) is 17.7. The maximum atomic E-state index is 5.84. The number of benzene rings is 1. The molecular weight excluding hydrogens is 350 g/mol. The predicted octanol–water partition coefficient (Wildman–Crippen LogP) is 4.00. The third-order valence-corrected chi connectivity index (χ3v) is 5.12. The van der Waals surface area contributed by atoms with Gasteiger partial charge < -0.3 is 20.0 Å². The summed E-state index contributed by atoms with van der Waals surface area (Å²) in [5.41, 5.74) is 2.51. The Hall–Kier alpha value is -2.50. The lowest BCUT2D eigenvalue weighted by Gasteiger charge is -2.22. The lowest BCUT2D eigenvalue weighted by Crippen LogP contribution is -2.38. The molecule has 0 saturated carbocycles. The summed E-state index contributed by atoms with van der Waals surface area (Å²) in [7, 11) is 1.78. The Morgan fingerprint density at radius 2 is 2.04 bits per heavy atom. The van der Waals surface area contributed by atoms with Crippen LogP contribution in [0.3, 0.4) is 0 Å². The van der Waals surface area contributed by atoms with Crippen LogP contribution in [0.1, 0.15) is 63.8 Å². The molecule has 2 heterocycles. The molecule has 1 aromatic carbocycles. The minimum Gasteiger partial charge on any atom is -0.443 e. The van der Waals surface area contributed by atoms with Crippen molar-refractivity contribution in [2.75, 3.05) is 25.0 Å². The van der Waals surface area contributed by atoms with E-state index in [1.807, 2.05) is 0 Å². The van der Waals surface area contributed by atoms with Crippen LogP contribution in [0.4, 0.5) is 5.69 Å². The number of oxazole rings is 1. The van der Waals surface area contributed by atoms with E-state index >= 15 is 0 Å². The summed E-state index contributed by atoms with van der Waals surface area (Å²) in [5.74, 6) is 2.28. The van der Waals surface area contributed by atoms with Gasteiger partial charge in [-0.2, -0.15) is 0 Å². The van der Waals surface area contributed by atoms with Crippen molar-refractivity contribution in [3.8, 4) is 0 Å². The standard InChI is InChI=1S/C22H33N5O/c1-16(17-9-8-10-18(13-17)27-11-6-7-12-27)26-21(23-5)25-15-20-24-14-19(28-20)22(2,3)4/h8-10,13-14,16H,6-7,11-12,15H2,1-5H3,(H2,23,25,26). The molecule has 1 saturated heterocycles. The molecule has 28 heavy (non-hydrogen) atoms. The Morgan fingerprint density at radius 1 is 1.29 bits per heavy atom. The molecule has 1 unspecified atom stereocenters. The minimum absolute atomic E-state index is 0.0416. The Morgan fingerprint density at radius 3 is 2.68 bits per heavy atom. The van der Waals surface area contributed by atoms with E-state index < -0.39 is 0 Å². The van der Waals surface area contributed by atoms with Crippen molar-refractivity contribution in [1.29, 1.82) is 0 Å². The summed E-state index contributed by atoms with van der Waals surface area (Å²) in [4.78, 5) is 11.2. The van der Waals surface area contributed by atoms with E-state index in [-0.39, 0.29) is 11.5 Å². The van der Waals surface area contributed by atoms with Crippen LogP contribution in [-0.4, -0.2) is 31.1 Å². The van der Waals surface area contributed by atoms with E-state index in [9.17, 15) is 0 Å². The molecule has 152 valence electrons. The van der Waals surface area contributed by atoms with Gasteiger partial charge in [0.05, 0.1) is 18.8 Å². The van der Waals surface area contributed by atoms with E-state index in [1.54, 1.807) is 13.2 Å². The van der Waals surface area contributed by atoms with Crippen molar-refractivity contribution in [3.05, 3.63) is 47.7 Å². The largest absolute Gasteiger partial charge is 0.443 e. The first kappa shape index (κ1) is 20.2. The number of aliphatic imine (C=N–C) groups is 1. The van der Waals surface area contributed by atoms with Gasteiger partial charge in [0.2, 0.25) is 5.89 Å². The predicted molar refractivity (Wildman–Crippen MR) is 115 cm³/mol. The number of guanidine groups is 1. The van der Waals surface area contributed by atoms with Crippen LogP contribution in [0.5, 0.6) is 0 Å². The molecule has 1 aliphatic heterocycles. The fourth-order valence-corrected chi connectivity index (χ4v) is 3.35. The smallest absolute Gasteiger partial charge is 0.213 e. The SMILES string of the molecule is CN=C(NCc1ncc(C(C)(C)C)o1)NC(C)c1cccc(N2CCCC2)c1. The molecule has 0 radical (unpaired) electrons. The normalized spacial score (nSPS) is 16.3. The van der Waals surface area contributed by atoms with Gasteiger partial charge >= 0.3 is 0 Å². The number of hydrogen-bond donors (Lipinski definition) is 2. The van der Waals surface area contributed by atoms with Crippen molar-refractivity contribution in [2.45, 2.75) is 58.5 Å². The Bertz CT molecular complexity index is 799. The molecule has 2 N–H and O–H groups in total. The monoisotopic (exact) mass is 383 g/mol. The van der Waals surface area contributed by atoms with Crippen molar-refractivity contribution in [2.24, 2.45) is 4.99 Å². The van der Waals surface area contributed by atoms with Crippen LogP contribution in [-0.2, 0) is 12.0 Å². The molecule has 3 rings (SSSR count). The molecular formula is C22H33N5O. The number of anilines is 1. The molecule has 2 aromatic rings. The zero-order valence-electron chi connectivity index (χ0n) is 17.7. The summed E-state index contributed by atoms with van der Waals surface area (Å²) in [5, 5.41) is 6.75. The van der Waals surface area contributed by atoms with Gasteiger partial charge in [0.25, 0.3) is 0 Å². The Balaban J connectivity index is 1.58. The fraction of sp³-hybridized carbons (Fsp3) is 0.545. The molecule has 6 heteroatoms. The van der Waals surface area contributed by atoms with E-state index in [1.165, 1.54) is 24.1 Å². The molecule has 0 spiro atoms. The number of nitrogens with zero attached hydrogens (tertiary/aromatic N) is 3. The lowest BCUT2D eigenvalue weighted by atomic mass is 9.94. The van der Waals surface area contributed by atoms with Gasteiger partial charge in [-0.05, 0) is 37.5 Å². The van der Waals surface area contributed by atoms with E-state index in [0.29, 0.717) is 12.4 Å². The number of nitrogens with one attached hydrogen (secondary N) is 2. The van der Waals surface area contributed by atoms with Gasteiger partial charge in [0.15, 0.2) is 5.96 Å². The Labute approximate surface area is 168 Å². The third kappa shape index (κ3) is 5.06. The number of hydrogen-bond acceptors (Lipinski definition) is 4. The number of aromatic nitrogens is 1. The van der Waals surface area contributed by atoms with Crippen LogP contribution in [0.15, 0.2) is 39.9 Å². The molecule has 6 nitrogen and oxygen atoms in total. The van der Waals surface area contributed by atoms with E-state index in [4.69, 9.17) is 4.42 Å². The van der Waals surface area contributed by atoms with Crippen molar-refractivity contribution >= 4 is 11.6 Å². The molecule has 0 bridgehead atoms. The molecule has 0 aliphatic carbocycles. The van der Waals surface area contributed by atoms with Crippen LogP contribution in [0.25, 0.3) is 0 Å². The van der Waals surface area contributed by atoms with Crippen LogP contribution >= 0.6 is 0 Å². The highest BCUT2D eigenvalue weighted by Gasteiger charge is 2.19. The minimum atomic E-state index is -0.0416. The first-order valence-electron chi connectivity index (χ1n) is 10.1. The summed E-state index contributed by atoms with van der Waals surface area (Å²) in [6, 6.07) is 8.92. The van der Waals surface area contributed by atoms with Crippen LogP contribution < -0.4 is 15.5 Å². The zero-order chi connectivity index (χ0) is 20.1. The second-order valence-corrected chi connectivity index (χ2v) is 8.45. The lowest BCUT2D eigenvalue weighted by molar-refractivity contribution is 0.379. The van der Waals surface area contributed by atoms with E-state index in [2.05, 4.69) is 77.5 Å². The summed E-state index contributed by atoms with van der Waals surface area (Å²) < 4.78 is 5.84. The van der Waals surface area contributed by atoms with Gasteiger partial charge in [0.1, 0.15) is 5.76 Å². The summed E-state index contributed by atoms with van der Waals surface area (Å²) in [6.07, 6.45) is 4.37. The average Bonchev–Trinajstić information content (AvgIpc) is 3.36. The fourth-order valence-electron chi connectivity index (χ4n) is 3.35. The van der Waals surface area contributed by atoms with Gasteiger partial charge in [-0.1, -0.05) is 32.9 Å². The Kier molecular flexibility index (Phi) is 6.27. The van der Waals surface area contributed by atoms with Crippen LogP contribution in [0.2, 0.25) is 0 Å². The molecule has 1 fully saturated rings. The second-order valence-electron chi connectivity index (χ2n) is 8.45. The molecule has 1 atom stereocenters. The summed E-state index contributed by atoms with van der Waals surface area (Å²) in [6.45, 7) is 11.3. The molecule has 0 amide bonds. The van der Waals surface area contributed by atoms with Crippen molar-refractivity contribution in [3.63, 3.8) is 0 Å². The van der Waals surface area contributed by atoms with Crippen molar-refractivity contribution < 1.29 is 4.42 Å². The van der Waals surface area contributed by atoms with Crippen LogP contribution in [0, 0.1) is 0 Å². The van der Waals surface area contributed by atoms with Gasteiger partial charge in [0, 0.05) is 31.2 Å².